The van der Waals surface area contributed by atoms with Crippen molar-refractivity contribution < 1.29 is 13.2 Å². The molecule has 0 aliphatic carbocycles. The summed E-state index contributed by atoms with van der Waals surface area (Å²) in [5.41, 5.74) is 4.06. The molecule has 0 amide bonds. The normalized spacial score (nSPS) is 15.7. The lowest BCUT2D eigenvalue weighted by atomic mass is 9.98. The van der Waals surface area contributed by atoms with Crippen LogP contribution in [0.3, 0.4) is 0 Å². The molecule has 160 valence electrons. The van der Waals surface area contributed by atoms with Crippen LogP contribution < -0.4 is 10.1 Å². The Morgan fingerprint density at radius 3 is 2.77 bits per heavy atom. The van der Waals surface area contributed by atoms with Crippen molar-refractivity contribution in [1.82, 2.24) is 9.29 Å². The lowest BCUT2D eigenvalue weighted by Gasteiger charge is -2.34. The molecule has 3 heterocycles. The molecule has 1 aliphatic rings. The zero-order valence-electron chi connectivity index (χ0n) is 17.0. The molecule has 0 saturated heterocycles. The lowest BCUT2D eigenvalue weighted by Crippen LogP contribution is -2.45. The summed E-state index contributed by atoms with van der Waals surface area (Å²) >= 11 is 1.54. The summed E-state index contributed by atoms with van der Waals surface area (Å²) in [7, 11) is -3.44. The van der Waals surface area contributed by atoms with Crippen molar-refractivity contribution in [2.24, 2.45) is 0 Å². The first-order valence-corrected chi connectivity index (χ1v) is 12.5. The molecule has 1 aliphatic heterocycles. The summed E-state index contributed by atoms with van der Waals surface area (Å²) in [5, 5.41) is 16.7. The molecule has 1 atom stereocenters. The number of rotatable bonds is 7. The highest BCUT2D eigenvalue weighted by molar-refractivity contribution is 7.88. The zero-order chi connectivity index (χ0) is 21.8. The number of nitriles is 1. The maximum absolute atomic E-state index is 12.5. The van der Waals surface area contributed by atoms with Gasteiger partial charge in [0.2, 0.25) is 10.0 Å². The average Bonchev–Trinajstić information content (AvgIpc) is 3.28. The third-order valence-electron chi connectivity index (χ3n) is 5.15. The van der Waals surface area contributed by atoms with Gasteiger partial charge in [0.15, 0.2) is 0 Å². The molecule has 4 rings (SSSR count). The molecule has 9 heteroatoms. The molecule has 0 fully saturated rings. The van der Waals surface area contributed by atoms with Crippen LogP contribution in [0.1, 0.15) is 22.3 Å². The van der Waals surface area contributed by atoms with E-state index in [0.717, 1.165) is 22.4 Å². The highest BCUT2D eigenvalue weighted by Gasteiger charge is 2.32. The quantitative estimate of drug-likeness (QED) is 0.588. The summed E-state index contributed by atoms with van der Waals surface area (Å²) in [6.07, 6.45) is 5.16. The van der Waals surface area contributed by atoms with Crippen LogP contribution in [0.4, 0.5) is 5.69 Å². The number of benzene rings is 1. The Bertz CT molecular complexity index is 1190. The smallest absolute Gasteiger partial charge is 0.211 e. The molecular weight excluding hydrogens is 432 g/mol. The Morgan fingerprint density at radius 2 is 2.10 bits per heavy atom. The van der Waals surface area contributed by atoms with Crippen LogP contribution in [-0.2, 0) is 29.5 Å². The van der Waals surface area contributed by atoms with Gasteiger partial charge in [-0.1, -0.05) is 0 Å². The van der Waals surface area contributed by atoms with Crippen molar-refractivity contribution >= 4 is 27.0 Å². The first-order chi connectivity index (χ1) is 14.9. The van der Waals surface area contributed by atoms with Gasteiger partial charge < -0.3 is 10.1 Å². The Labute approximate surface area is 186 Å². The van der Waals surface area contributed by atoms with E-state index in [2.05, 4.69) is 16.4 Å². The summed E-state index contributed by atoms with van der Waals surface area (Å²) in [5.74, 6) is 0.674. The number of thiophene rings is 1. The van der Waals surface area contributed by atoms with Crippen molar-refractivity contribution in [3.8, 4) is 11.8 Å². The van der Waals surface area contributed by atoms with E-state index in [1.165, 1.54) is 21.9 Å². The van der Waals surface area contributed by atoms with Crippen molar-refractivity contribution in [2.45, 2.75) is 25.6 Å². The Kier molecular flexibility index (Phi) is 6.23. The largest absolute Gasteiger partial charge is 0.489 e. The van der Waals surface area contributed by atoms with Crippen LogP contribution in [-0.4, -0.2) is 36.6 Å². The van der Waals surface area contributed by atoms with E-state index in [0.29, 0.717) is 30.8 Å². The Hall–Kier alpha value is -2.93. The molecule has 7 nitrogen and oxygen atoms in total. The summed E-state index contributed by atoms with van der Waals surface area (Å²) in [6, 6.07) is 11.2. The number of hydrogen-bond acceptors (Lipinski definition) is 7. The summed E-state index contributed by atoms with van der Waals surface area (Å²) in [4.78, 5) is 4.02. The zero-order valence-corrected chi connectivity index (χ0v) is 18.6. The second kappa shape index (κ2) is 9.06. The number of fused-ring (bicyclic) bond motifs is 1. The fourth-order valence-electron chi connectivity index (χ4n) is 3.66. The van der Waals surface area contributed by atoms with E-state index in [4.69, 9.17) is 4.74 Å². The van der Waals surface area contributed by atoms with E-state index in [1.54, 1.807) is 24.5 Å². The van der Waals surface area contributed by atoms with Gasteiger partial charge in [-0.25, -0.2) is 8.42 Å². The maximum atomic E-state index is 12.5. The van der Waals surface area contributed by atoms with Gasteiger partial charge in [-0.2, -0.15) is 20.9 Å². The van der Waals surface area contributed by atoms with Gasteiger partial charge in [0.1, 0.15) is 12.4 Å². The predicted octanol–water partition coefficient (Wildman–Crippen LogP) is 3.39. The molecule has 1 unspecified atom stereocenters. The monoisotopic (exact) mass is 454 g/mol. The molecule has 0 saturated carbocycles. The number of hydrogen-bond donors (Lipinski definition) is 1. The molecule has 1 N–H and O–H groups in total. The highest BCUT2D eigenvalue weighted by atomic mass is 32.2. The van der Waals surface area contributed by atoms with Crippen LogP contribution in [0.5, 0.6) is 5.75 Å². The third-order valence-corrected chi connectivity index (χ3v) is 7.17. The SMILES string of the molecule is CS(=O)(=O)N(Cc1ccsc1)C1COc2c(cc(C#N)cc2NCc2ccncc2)C1. The van der Waals surface area contributed by atoms with Gasteiger partial charge in [0, 0.05) is 25.5 Å². The van der Waals surface area contributed by atoms with Gasteiger partial charge in [-0.15, -0.1) is 0 Å². The second-order valence-electron chi connectivity index (χ2n) is 7.44. The molecule has 3 aromatic rings. The summed E-state index contributed by atoms with van der Waals surface area (Å²) < 4.78 is 32.6. The summed E-state index contributed by atoms with van der Waals surface area (Å²) in [6.45, 7) is 1.11. The Balaban J connectivity index is 1.59. The van der Waals surface area contributed by atoms with Crippen LogP contribution in [0.2, 0.25) is 0 Å². The fourth-order valence-corrected chi connectivity index (χ4v) is 5.38. The van der Waals surface area contributed by atoms with Crippen LogP contribution >= 0.6 is 11.3 Å². The lowest BCUT2D eigenvalue weighted by molar-refractivity contribution is 0.180. The highest BCUT2D eigenvalue weighted by Crippen LogP contribution is 2.36. The number of ether oxygens (including phenoxy) is 1. The Morgan fingerprint density at radius 1 is 1.29 bits per heavy atom. The first-order valence-electron chi connectivity index (χ1n) is 9.74. The molecule has 0 spiro atoms. The van der Waals surface area contributed by atoms with Crippen LogP contribution in [0.25, 0.3) is 0 Å². The number of aromatic nitrogens is 1. The van der Waals surface area contributed by atoms with E-state index in [1.807, 2.05) is 29.0 Å². The minimum absolute atomic E-state index is 0.250. The number of nitrogens with zero attached hydrogens (tertiary/aromatic N) is 3. The minimum atomic E-state index is -3.44. The second-order valence-corrected chi connectivity index (χ2v) is 10.2. The van der Waals surface area contributed by atoms with Gasteiger partial charge in [-0.05, 0) is 64.2 Å². The van der Waals surface area contributed by atoms with E-state index in [9.17, 15) is 13.7 Å². The maximum Gasteiger partial charge on any atom is 0.211 e. The molecule has 31 heavy (non-hydrogen) atoms. The van der Waals surface area contributed by atoms with E-state index < -0.39 is 10.0 Å². The van der Waals surface area contributed by atoms with Gasteiger partial charge >= 0.3 is 0 Å². The molecule has 0 bridgehead atoms. The van der Waals surface area contributed by atoms with Gasteiger partial charge in [0.25, 0.3) is 0 Å². The third kappa shape index (κ3) is 5.05. The van der Waals surface area contributed by atoms with Gasteiger partial charge in [-0.3, -0.25) is 4.98 Å². The fraction of sp³-hybridized carbons (Fsp3) is 0.273. The number of nitrogens with one attached hydrogen (secondary N) is 1. The molecule has 0 radical (unpaired) electrons. The van der Waals surface area contributed by atoms with Crippen molar-refractivity contribution in [3.05, 3.63) is 75.7 Å². The van der Waals surface area contributed by atoms with Gasteiger partial charge in [0.05, 0.1) is 29.6 Å². The predicted molar refractivity (Wildman–Crippen MR) is 120 cm³/mol. The topological polar surface area (TPSA) is 95.3 Å². The van der Waals surface area contributed by atoms with E-state index in [-0.39, 0.29) is 12.6 Å². The van der Waals surface area contributed by atoms with Crippen molar-refractivity contribution in [1.29, 1.82) is 5.26 Å². The minimum Gasteiger partial charge on any atom is -0.489 e. The number of anilines is 1. The molecule has 2 aromatic heterocycles. The molecule has 1 aromatic carbocycles. The number of pyridine rings is 1. The van der Waals surface area contributed by atoms with Crippen molar-refractivity contribution in [3.63, 3.8) is 0 Å². The standard InChI is InChI=1S/C22H22N4O3S2/c1-31(27,28)26(13-17-4-7-30-15-17)20-10-19-8-18(11-23)9-21(22(19)29-14-20)25-12-16-2-5-24-6-3-16/h2-9,15,20,25H,10,12-14H2,1H3. The molecular formula is C22H22N4O3S2. The van der Waals surface area contributed by atoms with Crippen LogP contribution in [0.15, 0.2) is 53.5 Å². The number of sulfonamides is 1. The van der Waals surface area contributed by atoms with E-state index >= 15 is 0 Å². The van der Waals surface area contributed by atoms with Crippen molar-refractivity contribution in [2.75, 3.05) is 18.2 Å². The average molecular weight is 455 g/mol. The first kappa shape index (κ1) is 21.3. The van der Waals surface area contributed by atoms with Crippen LogP contribution in [0, 0.1) is 11.3 Å².